The average molecular weight is 270 g/mol. The maximum Gasteiger partial charge on any atom is 0.110 e. The molecule has 1 aliphatic rings. The number of ether oxygens (including phenoxy) is 1. The second kappa shape index (κ2) is 6.34. The molecule has 0 aromatic heterocycles. The molecule has 17 heavy (non-hydrogen) atoms. The SMILES string of the molecule is NC(CSc1ccccc1Cl)C1=CCCCO1. The number of allylic oxidation sites excluding steroid dienone is 1. The van der Waals surface area contributed by atoms with E-state index in [1.165, 1.54) is 0 Å². The zero-order valence-corrected chi connectivity index (χ0v) is 11.1. The van der Waals surface area contributed by atoms with Gasteiger partial charge >= 0.3 is 0 Å². The summed E-state index contributed by atoms with van der Waals surface area (Å²) in [5.74, 6) is 1.71. The van der Waals surface area contributed by atoms with Gasteiger partial charge in [0.1, 0.15) is 5.76 Å². The molecule has 0 spiro atoms. The summed E-state index contributed by atoms with van der Waals surface area (Å²) in [4.78, 5) is 1.07. The maximum atomic E-state index is 6.09. The van der Waals surface area contributed by atoms with Crippen LogP contribution in [-0.2, 0) is 4.74 Å². The molecule has 4 heteroatoms. The molecule has 0 saturated carbocycles. The second-order valence-corrected chi connectivity index (χ2v) is 5.41. The number of benzene rings is 1. The molecule has 0 fully saturated rings. The van der Waals surface area contributed by atoms with Gasteiger partial charge in [0.15, 0.2) is 0 Å². The third-order valence-electron chi connectivity index (χ3n) is 2.58. The van der Waals surface area contributed by atoms with E-state index in [-0.39, 0.29) is 6.04 Å². The highest BCUT2D eigenvalue weighted by molar-refractivity contribution is 7.99. The van der Waals surface area contributed by atoms with Crippen molar-refractivity contribution in [2.45, 2.75) is 23.8 Å². The predicted octanol–water partition coefficient (Wildman–Crippen LogP) is 3.45. The predicted molar refractivity (Wildman–Crippen MR) is 73.4 cm³/mol. The first kappa shape index (κ1) is 12.8. The van der Waals surface area contributed by atoms with Crippen LogP contribution in [0.4, 0.5) is 0 Å². The first-order valence-electron chi connectivity index (χ1n) is 5.73. The summed E-state index contributed by atoms with van der Waals surface area (Å²) in [6.07, 6.45) is 4.26. The van der Waals surface area contributed by atoms with Crippen LogP contribution in [0.1, 0.15) is 12.8 Å². The summed E-state index contributed by atoms with van der Waals surface area (Å²) >= 11 is 7.76. The Hall–Kier alpha value is -0.640. The van der Waals surface area contributed by atoms with E-state index < -0.39 is 0 Å². The molecular formula is C13H16ClNOS. The Balaban J connectivity index is 1.89. The molecular weight excluding hydrogens is 254 g/mol. The van der Waals surface area contributed by atoms with Gasteiger partial charge in [-0.25, -0.2) is 0 Å². The Morgan fingerprint density at radius 2 is 2.24 bits per heavy atom. The van der Waals surface area contributed by atoms with Gasteiger partial charge in [-0.1, -0.05) is 23.7 Å². The van der Waals surface area contributed by atoms with Crippen LogP contribution in [0.25, 0.3) is 0 Å². The van der Waals surface area contributed by atoms with Crippen LogP contribution in [0.3, 0.4) is 0 Å². The Morgan fingerprint density at radius 3 is 2.94 bits per heavy atom. The lowest BCUT2D eigenvalue weighted by atomic mass is 10.2. The van der Waals surface area contributed by atoms with Crippen LogP contribution in [0.5, 0.6) is 0 Å². The van der Waals surface area contributed by atoms with Gasteiger partial charge in [-0.3, -0.25) is 0 Å². The Kier molecular flexibility index (Phi) is 4.77. The van der Waals surface area contributed by atoms with Gasteiger partial charge in [-0.2, -0.15) is 0 Å². The summed E-state index contributed by atoms with van der Waals surface area (Å²) in [6.45, 7) is 0.788. The lowest BCUT2D eigenvalue weighted by Gasteiger charge is -2.20. The molecule has 0 aliphatic carbocycles. The van der Waals surface area contributed by atoms with E-state index in [4.69, 9.17) is 22.1 Å². The Bertz CT molecular complexity index is 408. The lowest BCUT2D eigenvalue weighted by Crippen LogP contribution is -2.28. The van der Waals surface area contributed by atoms with Crippen LogP contribution in [0, 0.1) is 0 Å². The minimum Gasteiger partial charge on any atom is -0.497 e. The van der Waals surface area contributed by atoms with Gasteiger partial charge in [-0.15, -0.1) is 11.8 Å². The van der Waals surface area contributed by atoms with E-state index in [2.05, 4.69) is 6.08 Å². The monoisotopic (exact) mass is 269 g/mol. The molecule has 2 nitrogen and oxygen atoms in total. The molecule has 2 N–H and O–H groups in total. The molecule has 1 unspecified atom stereocenters. The summed E-state index contributed by atoms with van der Waals surface area (Å²) < 4.78 is 5.55. The van der Waals surface area contributed by atoms with E-state index in [9.17, 15) is 0 Å². The third-order valence-corrected chi connectivity index (χ3v) is 4.22. The highest BCUT2D eigenvalue weighted by Gasteiger charge is 2.14. The first-order valence-corrected chi connectivity index (χ1v) is 7.09. The van der Waals surface area contributed by atoms with Crippen molar-refractivity contribution in [1.82, 2.24) is 0 Å². The molecule has 1 heterocycles. The van der Waals surface area contributed by atoms with Crippen molar-refractivity contribution in [2.24, 2.45) is 5.73 Å². The minimum absolute atomic E-state index is 0.0448. The number of thioether (sulfide) groups is 1. The van der Waals surface area contributed by atoms with E-state index >= 15 is 0 Å². The third kappa shape index (κ3) is 3.66. The molecule has 0 radical (unpaired) electrons. The lowest BCUT2D eigenvalue weighted by molar-refractivity contribution is 0.179. The van der Waals surface area contributed by atoms with Gasteiger partial charge in [0.2, 0.25) is 0 Å². The van der Waals surface area contributed by atoms with Gasteiger partial charge in [0, 0.05) is 10.6 Å². The fourth-order valence-electron chi connectivity index (χ4n) is 1.66. The van der Waals surface area contributed by atoms with Crippen LogP contribution in [-0.4, -0.2) is 18.4 Å². The molecule has 0 bridgehead atoms. The molecule has 1 atom stereocenters. The molecule has 2 rings (SSSR count). The molecule has 1 aliphatic heterocycles. The van der Waals surface area contributed by atoms with Crippen LogP contribution in [0.2, 0.25) is 5.02 Å². The summed E-state index contributed by atoms with van der Waals surface area (Å²) in [6, 6.07) is 7.77. The normalized spacial score (nSPS) is 17.2. The maximum absolute atomic E-state index is 6.09. The van der Waals surface area contributed by atoms with Gasteiger partial charge in [0.05, 0.1) is 17.7 Å². The second-order valence-electron chi connectivity index (χ2n) is 3.95. The number of hydrogen-bond donors (Lipinski definition) is 1. The minimum atomic E-state index is -0.0448. The zero-order valence-electron chi connectivity index (χ0n) is 9.56. The number of rotatable bonds is 4. The fraction of sp³-hybridized carbons (Fsp3) is 0.385. The van der Waals surface area contributed by atoms with Crippen molar-refractivity contribution in [3.8, 4) is 0 Å². The van der Waals surface area contributed by atoms with E-state index in [1.807, 2.05) is 24.3 Å². The summed E-state index contributed by atoms with van der Waals surface area (Å²) in [5.41, 5.74) is 6.09. The van der Waals surface area contributed by atoms with E-state index in [1.54, 1.807) is 11.8 Å². The summed E-state index contributed by atoms with van der Waals surface area (Å²) in [7, 11) is 0. The van der Waals surface area contributed by atoms with Crippen molar-refractivity contribution >= 4 is 23.4 Å². The van der Waals surface area contributed by atoms with Crippen molar-refractivity contribution in [2.75, 3.05) is 12.4 Å². The molecule has 0 saturated heterocycles. The number of halogens is 1. The van der Waals surface area contributed by atoms with Crippen molar-refractivity contribution in [3.05, 3.63) is 41.1 Å². The van der Waals surface area contributed by atoms with Crippen LogP contribution >= 0.6 is 23.4 Å². The quantitative estimate of drug-likeness (QED) is 0.851. The van der Waals surface area contributed by atoms with Crippen molar-refractivity contribution in [3.63, 3.8) is 0 Å². The highest BCUT2D eigenvalue weighted by atomic mass is 35.5. The number of nitrogens with two attached hydrogens (primary N) is 1. The van der Waals surface area contributed by atoms with Gasteiger partial charge in [0.25, 0.3) is 0 Å². The molecule has 1 aromatic carbocycles. The Morgan fingerprint density at radius 1 is 1.41 bits per heavy atom. The smallest absolute Gasteiger partial charge is 0.110 e. The highest BCUT2D eigenvalue weighted by Crippen LogP contribution is 2.28. The topological polar surface area (TPSA) is 35.2 Å². The largest absolute Gasteiger partial charge is 0.497 e. The van der Waals surface area contributed by atoms with E-state index in [0.717, 1.165) is 40.9 Å². The fourth-order valence-corrected chi connectivity index (χ4v) is 2.86. The van der Waals surface area contributed by atoms with Crippen molar-refractivity contribution < 1.29 is 4.74 Å². The first-order chi connectivity index (χ1) is 8.27. The molecule has 1 aromatic rings. The van der Waals surface area contributed by atoms with Crippen LogP contribution in [0.15, 0.2) is 41.0 Å². The van der Waals surface area contributed by atoms with Crippen LogP contribution < -0.4 is 5.73 Å². The molecule has 92 valence electrons. The average Bonchev–Trinajstić information content (AvgIpc) is 2.38. The zero-order chi connectivity index (χ0) is 12.1. The molecule has 0 amide bonds. The van der Waals surface area contributed by atoms with Gasteiger partial charge < -0.3 is 10.5 Å². The number of hydrogen-bond acceptors (Lipinski definition) is 3. The van der Waals surface area contributed by atoms with Crippen molar-refractivity contribution in [1.29, 1.82) is 0 Å². The van der Waals surface area contributed by atoms with Gasteiger partial charge in [-0.05, 0) is 31.1 Å². The summed E-state index contributed by atoms with van der Waals surface area (Å²) in [5, 5.41) is 0.781. The van der Waals surface area contributed by atoms with E-state index in [0.29, 0.717) is 0 Å². The Labute approximate surface area is 111 Å². The standard InChI is InChI=1S/C13H16ClNOS/c14-10-5-1-2-7-13(10)17-9-11(15)12-6-3-4-8-16-12/h1-2,5-7,11H,3-4,8-9,15H2.